The summed E-state index contributed by atoms with van der Waals surface area (Å²) in [6, 6.07) is 13.6. The number of amides is 1. The molecule has 35 heavy (non-hydrogen) atoms. The molecule has 0 radical (unpaired) electrons. The van der Waals surface area contributed by atoms with Crippen molar-refractivity contribution in [3.05, 3.63) is 52.9 Å². The van der Waals surface area contributed by atoms with E-state index in [1.807, 2.05) is 63.2 Å². The molecule has 2 saturated heterocycles. The van der Waals surface area contributed by atoms with Gasteiger partial charge in [0.15, 0.2) is 0 Å². The Balaban J connectivity index is 1.33. The fourth-order valence-electron chi connectivity index (χ4n) is 4.64. The van der Waals surface area contributed by atoms with Gasteiger partial charge in [-0.05, 0) is 63.9 Å². The Hall–Kier alpha value is -3.55. The summed E-state index contributed by atoms with van der Waals surface area (Å²) in [6.07, 6.45) is 2.06. The molecular formula is C27H32N4O4. The van der Waals surface area contributed by atoms with E-state index in [9.17, 15) is 9.59 Å². The van der Waals surface area contributed by atoms with E-state index in [0.29, 0.717) is 43.0 Å². The fraction of sp³-hybridized carbons (Fsp3) is 0.444. The van der Waals surface area contributed by atoms with Crippen LogP contribution in [-0.2, 0) is 4.74 Å². The Morgan fingerprint density at radius 2 is 1.69 bits per heavy atom. The molecular weight excluding hydrogens is 444 g/mol. The number of hydrogen-bond acceptors (Lipinski definition) is 7. The first-order valence-electron chi connectivity index (χ1n) is 12.3. The third-order valence-corrected chi connectivity index (χ3v) is 6.46. The number of fused-ring (bicyclic) bond motifs is 1. The van der Waals surface area contributed by atoms with Crippen molar-refractivity contribution in [3.63, 3.8) is 0 Å². The zero-order chi connectivity index (χ0) is 24.6. The number of anilines is 2. The van der Waals surface area contributed by atoms with Gasteiger partial charge in [0, 0.05) is 56.4 Å². The molecule has 8 heteroatoms. The van der Waals surface area contributed by atoms with Crippen molar-refractivity contribution in [2.45, 2.75) is 39.2 Å². The van der Waals surface area contributed by atoms with Gasteiger partial charge in [0.2, 0.25) is 0 Å². The maximum atomic E-state index is 12.9. The van der Waals surface area contributed by atoms with Crippen LogP contribution in [0, 0.1) is 0 Å². The standard InChI is InChI=1S/C27H32N4O4/c1-27(2,3)35-26(33)31-15-13-29(14-16-31)20-10-9-19-17-21(25(32)34-23(19)18-20)22-7-6-8-24(28-22)30-11-4-5-12-30/h6-10,17-18H,4-5,11-16H2,1-3H3. The first kappa shape index (κ1) is 23.2. The lowest BCUT2D eigenvalue weighted by molar-refractivity contribution is 0.0240. The van der Waals surface area contributed by atoms with Crippen LogP contribution < -0.4 is 15.4 Å². The zero-order valence-electron chi connectivity index (χ0n) is 20.6. The molecule has 2 aliphatic heterocycles. The van der Waals surface area contributed by atoms with Crippen molar-refractivity contribution in [1.29, 1.82) is 0 Å². The second kappa shape index (κ2) is 9.24. The first-order chi connectivity index (χ1) is 16.8. The van der Waals surface area contributed by atoms with Gasteiger partial charge in [0.05, 0.1) is 11.3 Å². The minimum absolute atomic E-state index is 0.281. The molecule has 1 amide bonds. The summed E-state index contributed by atoms with van der Waals surface area (Å²) in [7, 11) is 0. The Morgan fingerprint density at radius 3 is 2.40 bits per heavy atom. The molecule has 0 unspecified atom stereocenters. The Labute approximate surface area is 205 Å². The van der Waals surface area contributed by atoms with Gasteiger partial charge in [-0.15, -0.1) is 0 Å². The van der Waals surface area contributed by atoms with Crippen LogP contribution in [0.4, 0.5) is 16.3 Å². The molecule has 2 aliphatic rings. The second-order valence-corrected chi connectivity index (χ2v) is 10.2. The quantitative estimate of drug-likeness (QED) is 0.515. The van der Waals surface area contributed by atoms with Crippen LogP contribution >= 0.6 is 0 Å². The summed E-state index contributed by atoms with van der Waals surface area (Å²) in [4.78, 5) is 36.2. The molecule has 0 saturated carbocycles. The third-order valence-electron chi connectivity index (χ3n) is 6.46. The Morgan fingerprint density at radius 1 is 0.943 bits per heavy atom. The third kappa shape index (κ3) is 5.11. The van der Waals surface area contributed by atoms with Gasteiger partial charge in [-0.1, -0.05) is 6.07 Å². The van der Waals surface area contributed by atoms with Crippen LogP contribution in [0.3, 0.4) is 0 Å². The summed E-state index contributed by atoms with van der Waals surface area (Å²) in [6.45, 7) is 10.1. The summed E-state index contributed by atoms with van der Waals surface area (Å²) in [5, 5.41) is 0.851. The highest BCUT2D eigenvalue weighted by molar-refractivity contribution is 5.84. The predicted molar refractivity (Wildman–Crippen MR) is 137 cm³/mol. The number of carbonyl (C=O) groups is 1. The monoisotopic (exact) mass is 476 g/mol. The molecule has 0 N–H and O–H groups in total. The number of hydrogen-bond donors (Lipinski definition) is 0. The Bertz CT molecular complexity index is 1280. The second-order valence-electron chi connectivity index (χ2n) is 10.2. The van der Waals surface area contributed by atoms with Gasteiger partial charge in [-0.25, -0.2) is 14.6 Å². The Kier molecular flexibility index (Phi) is 6.13. The summed E-state index contributed by atoms with van der Waals surface area (Å²) in [5.74, 6) is 0.903. The minimum atomic E-state index is -0.506. The number of pyridine rings is 1. The first-order valence-corrected chi connectivity index (χ1v) is 12.3. The lowest BCUT2D eigenvalue weighted by Crippen LogP contribution is -2.50. The van der Waals surface area contributed by atoms with Crippen molar-refractivity contribution in [2.75, 3.05) is 49.1 Å². The highest BCUT2D eigenvalue weighted by Crippen LogP contribution is 2.27. The average Bonchev–Trinajstić information content (AvgIpc) is 3.38. The highest BCUT2D eigenvalue weighted by Gasteiger charge is 2.26. The minimum Gasteiger partial charge on any atom is -0.444 e. The van der Waals surface area contributed by atoms with E-state index in [1.165, 1.54) is 12.8 Å². The molecule has 2 fully saturated rings. The molecule has 3 aromatic rings. The predicted octanol–water partition coefficient (Wildman–Crippen LogP) is 4.51. The van der Waals surface area contributed by atoms with Crippen LogP contribution in [0.5, 0.6) is 0 Å². The summed E-state index contributed by atoms with van der Waals surface area (Å²) >= 11 is 0. The fourth-order valence-corrected chi connectivity index (χ4v) is 4.64. The number of carbonyl (C=O) groups excluding carboxylic acids is 1. The number of ether oxygens (including phenoxy) is 1. The molecule has 5 rings (SSSR count). The maximum Gasteiger partial charge on any atom is 0.410 e. The van der Waals surface area contributed by atoms with Crippen LogP contribution in [0.25, 0.3) is 22.2 Å². The van der Waals surface area contributed by atoms with E-state index < -0.39 is 11.2 Å². The van der Waals surface area contributed by atoms with Crippen LogP contribution in [0.2, 0.25) is 0 Å². The van der Waals surface area contributed by atoms with Crippen molar-refractivity contribution in [3.8, 4) is 11.3 Å². The number of aromatic nitrogens is 1. The van der Waals surface area contributed by atoms with E-state index in [4.69, 9.17) is 14.1 Å². The van der Waals surface area contributed by atoms with Gasteiger partial charge in [-0.3, -0.25) is 0 Å². The normalized spacial score (nSPS) is 16.7. The number of rotatable bonds is 3. The van der Waals surface area contributed by atoms with Gasteiger partial charge < -0.3 is 23.9 Å². The number of nitrogens with zero attached hydrogens (tertiary/aromatic N) is 4. The van der Waals surface area contributed by atoms with Gasteiger partial charge in [-0.2, -0.15) is 0 Å². The molecule has 0 aliphatic carbocycles. The summed E-state index contributed by atoms with van der Waals surface area (Å²) < 4.78 is 11.2. The zero-order valence-corrected chi connectivity index (χ0v) is 20.6. The average molecular weight is 477 g/mol. The van der Waals surface area contributed by atoms with E-state index in [-0.39, 0.29) is 6.09 Å². The van der Waals surface area contributed by atoms with Crippen LogP contribution in [0.1, 0.15) is 33.6 Å². The number of piperazine rings is 1. The number of benzene rings is 1. The van der Waals surface area contributed by atoms with Crippen LogP contribution in [0.15, 0.2) is 51.7 Å². The molecule has 8 nitrogen and oxygen atoms in total. The highest BCUT2D eigenvalue weighted by atomic mass is 16.6. The lowest BCUT2D eigenvalue weighted by atomic mass is 10.1. The van der Waals surface area contributed by atoms with Gasteiger partial charge in [0.1, 0.15) is 17.0 Å². The smallest absolute Gasteiger partial charge is 0.410 e. The van der Waals surface area contributed by atoms with Crippen molar-refractivity contribution < 1.29 is 13.9 Å². The van der Waals surface area contributed by atoms with Gasteiger partial charge in [0.25, 0.3) is 0 Å². The van der Waals surface area contributed by atoms with Gasteiger partial charge >= 0.3 is 11.7 Å². The SMILES string of the molecule is CC(C)(C)OC(=O)N1CCN(c2ccc3cc(-c4cccc(N5CCCC5)n4)c(=O)oc3c2)CC1. The maximum absolute atomic E-state index is 12.9. The van der Waals surface area contributed by atoms with E-state index in [1.54, 1.807) is 4.90 Å². The van der Waals surface area contributed by atoms with Crippen molar-refractivity contribution in [2.24, 2.45) is 0 Å². The van der Waals surface area contributed by atoms with E-state index >= 15 is 0 Å². The molecule has 2 aromatic heterocycles. The van der Waals surface area contributed by atoms with Crippen molar-refractivity contribution >= 4 is 28.6 Å². The largest absolute Gasteiger partial charge is 0.444 e. The lowest BCUT2D eigenvalue weighted by Gasteiger charge is -2.36. The van der Waals surface area contributed by atoms with E-state index in [0.717, 1.165) is 30.0 Å². The molecule has 0 atom stereocenters. The molecule has 1 aromatic carbocycles. The van der Waals surface area contributed by atoms with E-state index in [2.05, 4.69) is 9.80 Å². The summed E-state index contributed by atoms with van der Waals surface area (Å²) in [5.41, 5.74) is 1.71. The molecule has 0 bridgehead atoms. The molecule has 184 valence electrons. The molecule has 4 heterocycles. The molecule has 0 spiro atoms. The topological polar surface area (TPSA) is 79.1 Å². The van der Waals surface area contributed by atoms with Crippen LogP contribution in [-0.4, -0.2) is 60.8 Å². The van der Waals surface area contributed by atoms with Crippen molar-refractivity contribution in [1.82, 2.24) is 9.88 Å².